The number of amidine groups is 1. The molecule has 2 saturated heterocycles. The van der Waals surface area contributed by atoms with Crippen molar-refractivity contribution in [2.75, 3.05) is 32.9 Å². The van der Waals surface area contributed by atoms with E-state index in [9.17, 15) is 14.7 Å². The summed E-state index contributed by atoms with van der Waals surface area (Å²) in [5.74, 6) is -0.889. The molecule has 2 fully saturated rings. The molecule has 0 aromatic heterocycles. The summed E-state index contributed by atoms with van der Waals surface area (Å²) in [5, 5.41) is 9.99. The maximum absolute atomic E-state index is 12.9. The third-order valence-electron chi connectivity index (χ3n) is 7.23. The summed E-state index contributed by atoms with van der Waals surface area (Å²) in [7, 11) is 0. The normalized spacial score (nSPS) is 29.6. The Hall–Kier alpha value is -2.40. The van der Waals surface area contributed by atoms with Crippen molar-refractivity contribution in [2.24, 2.45) is 15.9 Å². The summed E-state index contributed by atoms with van der Waals surface area (Å²) in [6.07, 6.45) is 5.68. The molecule has 11 heteroatoms. The molecule has 37 heavy (non-hydrogen) atoms. The fraction of sp³-hybridized carbons (Fsp3) is 0.538. The van der Waals surface area contributed by atoms with Crippen LogP contribution in [0.15, 0.2) is 46.0 Å². The first-order valence-electron chi connectivity index (χ1n) is 12.6. The summed E-state index contributed by atoms with van der Waals surface area (Å²) in [4.78, 5) is 38.1. The second-order valence-corrected chi connectivity index (χ2v) is 11.2. The van der Waals surface area contributed by atoms with E-state index in [1.165, 1.54) is 11.8 Å². The lowest BCUT2D eigenvalue weighted by Gasteiger charge is -2.49. The molecule has 4 heterocycles. The second-order valence-electron chi connectivity index (χ2n) is 9.67. The summed E-state index contributed by atoms with van der Waals surface area (Å²) in [6, 6.07) is 7.32. The number of ether oxygens (including phenoxy) is 2. The molecule has 1 N–H and O–H groups in total. The minimum Gasteiger partial charge on any atom is -0.481 e. The minimum atomic E-state index is -0.740. The highest BCUT2D eigenvalue weighted by atomic mass is 35.5. The second kappa shape index (κ2) is 11.6. The number of halogens is 1. The first kappa shape index (κ1) is 26.2. The molecule has 0 saturated carbocycles. The van der Waals surface area contributed by atoms with Crippen molar-refractivity contribution in [2.45, 2.75) is 49.6 Å². The van der Waals surface area contributed by atoms with Gasteiger partial charge < -0.3 is 14.6 Å². The van der Waals surface area contributed by atoms with Gasteiger partial charge >= 0.3 is 11.9 Å². The van der Waals surface area contributed by atoms with Crippen molar-refractivity contribution in [1.29, 1.82) is 0 Å². The molecule has 5 atom stereocenters. The number of carbonyl (C=O) groups excluding carboxylic acids is 1. The first-order chi connectivity index (χ1) is 17.9. The van der Waals surface area contributed by atoms with Crippen molar-refractivity contribution in [3.63, 3.8) is 0 Å². The van der Waals surface area contributed by atoms with Crippen LogP contribution in [0.3, 0.4) is 0 Å². The topological polar surface area (TPSA) is 104 Å². The summed E-state index contributed by atoms with van der Waals surface area (Å²) >= 11 is 7.88. The summed E-state index contributed by atoms with van der Waals surface area (Å²) in [6.45, 7) is 4.53. The van der Waals surface area contributed by atoms with Crippen molar-refractivity contribution < 1.29 is 24.2 Å². The van der Waals surface area contributed by atoms with Crippen molar-refractivity contribution in [3.8, 4) is 0 Å². The van der Waals surface area contributed by atoms with Gasteiger partial charge in [0, 0.05) is 35.8 Å². The number of carbonyl (C=O) groups is 2. The Bertz CT molecular complexity index is 1110. The third-order valence-corrected chi connectivity index (χ3v) is 8.79. The van der Waals surface area contributed by atoms with Crippen LogP contribution in [-0.4, -0.2) is 88.6 Å². The number of carboxylic acid groups (broad SMARTS) is 1. The lowest BCUT2D eigenvalue weighted by atomic mass is 9.83. The number of hydrogen-bond donors (Lipinski definition) is 1. The fourth-order valence-corrected chi connectivity index (χ4v) is 7.02. The van der Waals surface area contributed by atoms with E-state index in [2.05, 4.69) is 16.0 Å². The molecule has 1 aromatic rings. The molecule has 0 amide bonds. The van der Waals surface area contributed by atoms with Crippen LogP contribution in [0.2, 0.25) is 5.02 Å². The molecular weight excluding hydrogens is 516 g/mol. The standard InChI is InChI=1S/C26H31ClN4O5S/c1-2-36-25(34)24-23(20-5-3-4-6-21(20)27)29-26(37-24)31-15-28-8-7-17(31)12-30-18-9-16(11-22(32)33)10-19(30)14-35-13-18/h3-7,15-16,18-19,23-24H,2,8-14H2,1H3,(H,32,33)/t16?,18-,19+,23-,24-/m1/s1. The maximum atomic E-state index is 12.9. The van der Waals surface area contributed by atoms with Gasteiger partial charge in [0.25, 0.3) is 0 Å². The number of morpholine rings is 1. The highest BCUT2D eigenvalue weighted by Gasteiger charge is 2.43. The first-order valence-corrected chi connectivity index (χ1v) is 13.9. The number of esters is 1. The Balaban J connectivity index is 1.37. The fourth-order valence-electron chi connectivity index (χ4n) is 5.60. The minimum absolute atomic E-state index is 0.166. The lowest BCUT2D eigenvalue weighted by molar-refractivity contribution is -0.143. The Kier molecular flexibility index (Phi) is 8.18. The van der Waals surface area contributed by atoms with Gasteiger partial charge in [-0.15, -0.1) is 0 Å². The SMILES string of the molecule is CCOC(=O)[C@@H]1SC(N2C=NCC=C2CN2[C@@H]3COC[C@H]2CC(CC(=O)O)C3)=N[C@@H]1c1ccccc1Cl. The highest BCUT2D eigenvalue weighted by Crippen LogP contribution is 2.43. The van der Waals surface area contributed by atoms with E-state index in [1.54, 1.807) is 19.3 Å². The van der Waals surface area contributed by atoms with Crippen LogP contribution in [0.25, 0.3) is 0 Å². The van der Waals surface area contributed by atoms with Crippen LogP contribution in [0, 0.1) is 5.92 Å². The number of aliphatic imine (C=N–C) groups is 2. The van der Waals surface area contributed by atoms with Gasteiger partial charge in [0.15, 0.2) is 5.17 Å². The van der Waals surface area contributed by atoms with Gasteiger partial charge in [-0.3, -0.25) is 29.4 Å². The number of aliphatic carboxylic acids is 1. The zero-order valence-electron chi connectivity index (χ0n) is 20.7. The number of piperidine rings is 1. The van der Waals surface area contributed by atoms with E-state index in [0.717, 1.165) is 24.1 Å². The van der Waals surface area contributed by atoms with Gasteiger partial charge in [-0.2, -0.15) is 0 Å². The highest BCUT2D eigenvalue weighted by molar-refractivity contribution is 8.15. The van der Waals surface area contributed by atoms with Crippen LogP contribution in [0.1, 0.15) is 37.8 Å². The van der Waals surface area contributed by atoms with Gasteiger partial charge in [-0.25, -0.2) is 0 Å². The smallest absolute Gasteiger partial charge is 0.322 e. The molecule has 0 radical (unpaired) electrons. The molecule has 0 spiro atoms. The van der Waals surface area contributed by atoms with Gasteiger partial charge in [-0.1, -0.05) is 41.6 Å². The van der Waals surface area contributed by atoms with Crippen LogP contribution >= 0.6 is 23.4 Å². The number of fused-ring (bicyclic) bond motifs is 2. The van der Waals surface area contributed by atoms with Gasteiger partial charge in [0.1, 0.15) is 11.3 Å². The van der Waals surface area contributed by atoms with E-state index < -0.39 is 17.3 Å². The van der Waals surface area contributed by atoms with Crippen LogP contribution in [0.4, 0.5) is 0 Å². The van der Waals surface area contributed by atoms with Gasteiger partial charge in [0.05, 0.1) is 32.7 Å². The molecule has 4 aliphatic rings. The zero-order valence-corrected chi connectivity index (χ0v) is 22.2. The number of benzene rings is 1. The zero-order chi connectivity index (χ0) is 25.9. The summed E-state index contributed by atoms with van der Waals surface area (Å²) < 4.78 is 11.2. The van der Waals surface area contributed by atoms with Crippen molar-refractivity contribution >= 4 is 46.8 Å². The Labute approximate surface area is 225 Å². The molecule has 9 nitrogen and oxygen atoms in total. The van der Waals surface area contributed by atoms with Gasteiger partial charge in [-0.05, 0) is 43.4 Å². The molecule has 1 unspecified atom stereocenters. The van der Waals surface area contributed by atoms with E-state index in [0.29, 0.717) is 43.1 Å². The van der Waals surface area contributed by atoms with E-state index >= 15 is 0 Å². The van der Waals surface area contributed by atoms with Gasteiger partial charge in [0.2, 0.25) is 0 Å². The number of thioether (sulfide) groups is 1. The van der Waals surface area contributed by atoms with Crippen LogP contribution in [-0.2, 0) is 19.1 Å². The van der Waals surface area contributed by atoms with E-state index in [1.807, 2.05) is 23.1 Å². The van der Waals surface area contributed by atoms with Crippen molar-refractivity contribution in [3.05, 3.63) is 46.6 Å². The van der Waals surface area contributed by atoms with Crippen molar-refractivity contribution in [1.82, 2.24) is 9.80 Å². The largest absolute Gasteiger partial charge is 0.481 e. The monoisotopic (exact) mass is 546 g/mol. The summed E-state index contributed by atoms with van der Waals surface area (Å²) in [5.41, 5.74) is 1.83. The molecule has 4 aliphatic heterocycles. The van der Waals surface area contributed by atoms with Crippen LogP contribution in [0.5, 0.6) is 0 Å². The molecule has 1 aromatic carbocycles. The number of hydrogen-bond acceptors (Lipinski definition) is 9. The molecular formula is C26H31ClN4O5S. The lowest BCUT2D eigenvalue weighted by Crippen LogP contribution is -2.58. The van der Waals surface area contributed by atoms with Crippen LogP contribution < -0.4 is 0 Å². The average Bonchev–Trinajstić information content (AvgIpc) is 3.30. The predicted octanol–water partition coefficient (Wildman–Crippen LogP) is 3.60. The number of carboxylic acids is 1. The van der Waals surface area contributed by atoms with E-state index in [4.69, 9.17) is 26.1 Å². The molecule has 5 rings (SSSR count). The Morgan fingerprint density at radius 2 is 2.00 bits per heavy atom. The quantitative estimate of drug-likeness (QED) is 0.517. The predicted molar refractivity (Wildman–Crippen MR) is 143 cm³/mol. The Morgan fingerprint density at radius 3 is 2.70 bits per heavy atom. The Morgan fingerprint density at radius 1 is 1.24 bits per heavy atom. The molecule has 2 bridgehead atoms. The third kappa shape index (κ3) is 5.72. The molecule has 0 aliphatic carbocycles. The number of nitrogens with zero attached hydrogens (tertiary/aromatic N) is 4. The number of rotatable bonds is 7. The maximum Gasteiger partial charge on any atom is 0.322 e. The average molecular weight is 547 g/mol. The molecule has 198 valence electrons. The van der Waals surface area contributed by atoms with E-state index in [-0.39, 0.29) is 30.4 Å².